The van der Waals surface area contributed by atoms with Gasteiger partial charge in [-0.25, -0.2) is 4.79 Å². The molecule has 146 valence electrons. The molecule has 1 unspecified atom stereocenters. The summed E-state index contributed by atoms with van der Waals surface area (Å²) in [6.07, 6.45) is -0.0153. The van der Waals surface area contributed by atoms with Gasteiger partial charge in [-0.05, 0) is 61.7 Å². The number of hydrogen-bond acceptors (Lipinski definition) is 4. The minimum absolute atomic E-state index is 0.256. The van der Waals surface area contributed by atoms with E-state index in [2.05, 4.69) is 5.32 Å². The maximum atomic E-state index is 10.8. The lowest BCUT2D eigenvalue weighted by Gasteiger charge is -2.27. The fourth-order valence-electron chi connectivity index (χ4n) is 2.46. The molecule has 1 atom stereocenters. The van der Waals surface area contributed by atoms with Crippen LogP contribution in [0.25, 0.3) is 0 Å². The van der Waals surface area contributed by atoms with Crippen molar-refractivity contribution in [1.82, 2.24) is 5.32 Å². The Morgan fingerprint density at radius 2 is 1.56 bits per heavy atom. The van der Waals surface area contributed by atoms with Crippen molar-refractivity contribution in [3.8, 4) is 11.5 Å². The first-order valence-corrected chi connectivity index (χ1v) is 9.00. The highest BCUT2D eigenvalue weighted by molar-refractivity contribution is 6.30. The van der Waals surface area contributed by atoms with Gasteiger partial charge in [0.2, 0.25) is 0 Å². The summed E-state index contributed by atoms with van der Waals surface area (Å²) >= 11 is 5.82. The normalized spacial score (nSPS) is 12.9. The number of ether oxygens (including phenoxy) is 2. The van der Waals surface area contributed by atoms with Crippen LogP contribution in [0.4, 0.5) is 4.79 Å². The SMILES string of the molecule is CC(CO)(CCc1ccc(OCCOc2ccc(Cl)cc2)cc1)NC(=O)O. The molecule has 0 spiro atoms. The number of nitrogens with one attached hydrogen (secondary N) is 1. The Balaban J connectivity index is 1.74. The van der Waals surface area contributed by atoms with Gasteiger partial charge in [-0.1, -0.05) is 23.7 Å². The van der Waals surface area contributed by atoms with Gasteiger partial charge in [0.1, 0.15) is 24.7 Å². The van der Waals surface area contributed by atoms with Gasteiger partial charge < -0.3 is 25.0 Å². The molecule has 6 nitrogen and oxygen atoms in total. The van der Waals surface area contributed by atoms with Crippen molar-refractivity contribution >= 4 is 17.7 Å². The Bertz CT molecular complexity index is 720. The number of aryl methyl sites for hydroxylation is 1. The average molecular weight is 394 g/mol. The van der Waals surface area contributed by atoms with Gasteiger partial charge in [0.25, 0.3) is 0 Å². The number of aliphatic hydroxyl groups is 1. The van der Waals surface area contributed by atoms with Crippen molar-refractivity contribution in [3.05, 3.63) is 59.1 Å². The summed E-state index contributed by atoms with van der Waals surface area (Å²) in [4.78, 5) is 10.8. The zero-order chi connectivity index (χ0) is 19.7. The molecule has 0 heterocycles. The Labute approximate surface area is 163 Å². The van der Waals surface area contributed by atoms with E-state index in [1.54, 1.807) is 31.2 Å². The maximum absolute atomic E-state index is 10.8. The fraction of sp³-hybridized carbons (Fsp3) is 0.350. The van der Waals surface area contributed by atoms with Crippen molar-refractivity contribution < 1.29 is 24.5 Å². The molecule has 0 bridgehead atoms. The minimum Gasteiger partial charge on any atom is -0.490 e. The lowest BCUT2D eigenvalue weighted by molar-refractivity contribution is 0.141. The molecule has 1 amide bonds. The van der Waals surface area contributed by atoms with Crippen LogP contribution < -0.4 is 14.8 Å². The molecule has 0 aliphatic heterocycles. The molecule has 0 radical (unpaired) electrons. The predicted molar refractivity (Wildman–Crippen MR) is 104 cm³/mol. The summed E-state index contributed by atoms with van der Waals surface area (Å²) in [5.41, 5.74) is 0.173. The summed E-state index contributed by atoms with van der Waals surface area (Å²) in [7, 11) is 0. The second-order valence-electron chi connectivity index (χ2n) is 6.44. The van der Waals surface area contributed by atoms with E-state index in [-0.39, 0.29) is 6.61 Å². The van der Waals surface area contributed by atoms with Crippen LogP contribution in [0.15, 0.2) is 48.5 Å². The van der Waals surface area contributed by atoms with E-state index in [9.17, 15) is 9.90 Å². The summed E-state index contributed by atoms with van der Waals surface area (Å²) in [6, 6.07) is 14.7. The van der Waals surface area contributed by atoms with Crippen LogP contribution in [0.2, 0.25) is 5.02 Å². The number of carboxylic acid groups (broad SMARTS) is 1. The maximum Gasteiger partial charge on any atom is 0.405 e. The molecule has 2 aromatic rings. The zero-order valence-electron chi connectivity index (χ0n) is 15.2. The van der Waals surface area contributed by atoms with Crippen LogP contribution in [0.1, 0.15) is 18.9 Å². The Hall–Kier alpha value is -2.44. The highest BCUT2D eigenvalue weighted by atomic mass is 35.5. The van der Waals surface area contributed by atoms with E-state index < -0.39 is 11.6 Å². The predicted octanol–water partition coefficient (Wildman–Crippen LogP) is 3.75. The van der Waals surface area contributed by atoms with Crippen molar-refractivity contribution in [2.24, 2.45) is 0 Å². The molecular formula is C20H24ClNO5. The van der Waals surface area contributed by atoms with E-state index in [1.807, 2.05) is 24.3 Å². The second kappa shape index (κ2) is 10.0. The van der Waals surface area contributed by atoms with Gasteiger partial charge in [0.05, 0.1) is 12.1 Å². The van der Waals surface area contributed by atoms with Crippen LogP contribution in [0.5, 0.6) is 11.5 Å². The van der Waals surface area contributed by atoms with Gasteiger partial charge in [0.15, 0.2) is 0 Å². The van der Waals surface area contributed by atoms with Crippen LogP contribution in [-0.4, -0.2) is 41.7 Å². The molecule has 27 heavy (non-hydrogen) atoms. The van der Waals surface area contributed by atoms with E-state index in [1.165, 1.54) is 0 Å². The van der Waals surface area contributed by atoms with Crippen molar-refractivity contribution in [1.29, 1.82) is 0 Å². The van der Waals surface area contributed by atoms with Crippen LogP contribution in [0, 0.1) is 0 Å². The summed E-state index contributed by atoms with van der Waals surface area (Å²) < 4.78 is 11.2. The molecule has 0 fully saturated rings. The molecule has 0 aliphatic rings. The second-order valence-corrected chi connectivity index (χ2v) is 6.88. The third-order valence-electron chi connectivity index (χ3n) is 4.08. The lowest BCUT2D eigenvalue weighted by Crippen LogP contribution is -2.48. The number of halogens is 1. The van der Waals surface area contributed by atoms with Gasteiger partial charge >= 0.3 is 6.09 Å². The molecule has 2 rings (SSSR count). The Kier molecular flexibility index (Phi) is 7.76. The van der Waals surface area contributed by atoms with Crippen molar-refractivity contribution in [2.75, 3.05) is 19.8 Å². The average Bonchev–Trinajstić information content (AvgIpc) is 2.65. The number of aliphatic hydroxyl groups excluding tert-OH is 1. The highest BCUT2D eigenvalue weighted by Crippen LogP contribution is 2.18. The lowest BCUT2D eigenvalue weighted by atomic mass is 9.94. The third kappa shape index (κ3) is 7.37. The third-order valence-corrected chi connectivity index (χ3v) is 4.33. The highest BCUT2D eigenvalue weighted by Gasteiger charge is 2.25. The number of hydrogen-bond donors (Lipinski definition) is 3. The first kappa shape index (κ1) is 20.9. The van der Waals surface area contributed by atoms with Gasteiger partial charge in [-0.3, -0.25) is 0 Å². The summed E-state index contributed by atoms with van der Waals surface area (Å²) in [6.45, 7) is 2.25. The molecule has 0 saturated heterocycles. The van der Waals surface area contributed by atoms with Crippen LogP contribution in [0.3, 0.4) is 0 Å². The number of amides is 1. The van der Waals surface area contributed by atoms with Gasteiger partial charge in [-0.15, -0.1) is 0 Å². The topological polar surface area (TPSA) is 88.0 Å². The smallest absolute Gasteiger partial charge is 0.405 e. The summed E-state index contributed by atoms with van der Waals surface area (Å²) in [5, 5.41) is 21.3. The van der Waals surface area contributed by atoms with E-state index in [0.717, 1.165) is 17.1 Å². The van der Waals surface area contributed by atoms with Gasteiger partial charge in [0, 0.05) is 5.02 Å². The van der Waals surface area contributed by atoms with Crippen LogP contribution in [-0.2, 0) is 6.42 Å². The molecule has 2 aromatic carbocycles. The summed E-state index contributed by atoms with van der Waals surface area (Å²) in [5.74, 6) is 1.47. The molecule has 3 N–H and O–H groups in total. The molecular weight excluding hydrogens is 370 g/mol. The molecule has 7 heteroatoms. The first-order chi connectivity index (χ1) is 12.9. The van der Waals surface area contributed by atoms with Crippen molar-refractivity contribution in [3.63, 3.8) is 0 Å². The van der Waals surface area contributed by atoms with Gasteiger partial charge in [-0.2, -0.15) is 0 Å². The van der Waals surface area contributed by atoms with Crippen molar-refractivity contribution in [2.45, 2.75) is 25.3 Å². The molecule has 0 saturated carbocycles. The molecule has 0 aromatic heterocycles. The van der Waals surface area contributed by atoms with E-state index in [0.29, 0.717) is 31.1 Å². The first-order valence-electron chi connectivity index (χ1n) is 8.62. The largest absolute Gasteiger partial charge is 0.490 e. The molecule has 0 aliphatic carbocycles. The number of carbonyl (C=O) groups is 1. The quantitative estimate of drug-likeness (QED) is 0.535. The number of benzene rings is 2. The Morgan fingerprint density at radius 1 is 1.04 bits per heavy atom. The monoisotopic (exact) mass is 393 g/mol. The Morgan fingerprint density at radius 3 is 2.04 bits per heavy atom. The number of rotatable bonds is 10. The minimum atomic E-state index is -1.14. The zero-order valence-corrected chi connectivity index (χ0v) is 15.9. The van der Waals surface area contributed by atoms with E-state index >= 15 is 0 Å². The van der Waals surface area contributed by atoms with E-state index in [4.69, 9.17) is 26.2 Å². The standard InChI is InChI=1S/C20H24ClNO5/c1-20(14-23,22-19(24)25)11-10-15-2-6-17(7-3-15)26-12-13-27-18-8-4-16(21)5-9-18/h2-9,22-23H,10-14H2,1H3,(H,24,25). The van der Waals surface area contributed by atoms with Crippen LogP contribution >= 0.6 is 11.6 Å². The fourth-order valence-corrected chi connectivity index (χ4v) is 2.59.